The lowest BCUT2D eigenvalue weighted by atomic mass is 10.0. The summed E-state index contributed by atoms with van der Waals surface area (Å²) in [5.41, 5.74) is 16.3. The van der Waals surface area contributed by atoms with E-state index in [4.69, 9.17) is 9.97 Å². The van der Waals surface area contributed by atoms with Crippen LogP contribution >= 0.6 is 0 Å². The number of benzene rings is 8. The Morgan fingerprint density at radius 1 is 0.368 bits per heavy atom. The smallest absolute Gasteiger partial charge is 0.161 e. The molecule has 4 heteroatoms. The molecule has 0 aliphatic heterocycles. The maximum absolute atomic E-state index is 5.40. The predicted octanol–water partition coefficient (Wildman–Crippen LogP) is 13.2. The second kappa shape index (κ2) is 12.5. The summed E-state index contributed by atoms with van der Waals surface area (Å²) < 4.78 is 4.77. The van der Waals surface area contributed by atoms with E-state index >= 15 is 0 Å². The van der Waals surface area contributed by atoms with E-state index in [9.17, 15) is 0 Å². The van der Waals surface area contributed by atoms with Gasteiger partial charge in [0.2, 0.25) is 0 Å². The first kappa shape index (κ1) is 31.8. The van der Waals surface area contributed by atoms with E-state index in [-0.39, 0.29) is 0 Å². The highest BCUT2D eigenvalue weighted by molar-refractivity contribution is 6.12. The Labute approximate surface area is 329 Å². The molecule has 4 nitrogen and oxygen atoms in total. The number of rotatable bonds is 5. The quantitative estimate of drug-likeness (QED) is 0.177. The fourth-order valence-corrected chi connectivity index (χ4v) is 9.12. The molecule has 8 aromatic carbocycles. The Morgan fingerprint density at radius 3 is 1.72 bits per heavy atom. The van der Waals surface area contributed by atoms with Gasteiger partial charge < -0.3 is 4.57 Å². The largest absolute Gasteiger partial charge is 0.309 e. The van der Waals surface area contributed by atoms with Gasteiger partial charge in [-0.15, -0.1) is 0 Å². The Morgan fingerprint density at radius 2 is 0.930 bits per heavy atom. The van der Waals surface area contributed by atoms with Crippen molar-refractivity contribution in [2.45, 2.75) is 6.42 Å². The number of aromatic nitrogens is 4. The van der Waals surface area contributed by atoms with Crippen molar-refractivity contribution in [3.8, 4) is 56.3 Å². The van der Waals surface area contributed by atoms with Gasteiger partial charge in [-0.1, -0.05) is 152 Å². The van der Waals surface area contributed by atoms with Crippen LogP contribution in [0.3, 0.4) is 0 Å². The molecule has 0 spiro atoms. The Hall–Kier alpha value is -7.56. The van der Waals surface area contributed by atoms with Crippen LogP contribution in [0.5, 0.6) is 0 Å². The maximum Gasteiger partial charge on any atom is 0.161 e. The Bertz CT molecular complexity index is 3360. The third-order valence-corrected chi connectivity index (χ3v) is 11.8. The van der Waals surface area contributed by atoms with Crippen molar-refractivity contribution in [2.24, 2.45) is 0 Å². The first-order valence-electron chi connectivity index (χ1n) is 19.5. The minimum atomic E-state index is 0.748. The van der Waals surface area contributed by atoms with Gasteiger partial charge >= 0.3 is 0 Å². The highest BCUT2D eigenvalue weighted by atomic mass is 15.1. The minimum absolute atomic E-state index is 0.748. The first-order chi connectivity index (χ1) is 28.3. The predicted molar refractivity (Wildman–Crippen MR) is 235 cm³/mol. The van der Waals surface area contributed by atoms with Crippen LogP contribution in [0, 0.1) is 0 Å². The third-order valence-electron chi connectivity index (χ3n) is 11.8. The number of fused-ring (bicyclic) bond motifs is 9. The Balaban J connectivity index is 1.05. The third kappa shape index (κ3) is 4.94. The highest BCUT2D eigenvalue weighted by Crippen LogP contribution is 2.44. The van der Waals surface area contributed by atoms with E-state index in [2.05, 4.69) is 197 Å². The molecule has 1 aliphatic rings. The zero-order valence-electron chi connectivity index (χ0n) is 31.0. The minimum Gasteiger partial charge on any atom is -0.309 e. The van der Waals surface area contributed by atoms with Crippen molar-refractivity contribution >= 4 is 43.6 Å². The SMILES string of the molecule is c1ccc(-c2ccc(-n3c4ccccc4c4ccc(-c5ccc6c(c5)c5ccccc5n6-c5nc(-c6ccccc6)nc6c5-c5ccccc5C6)cc43)cc2)cc1. The molecular weight excluding hydrogens is 693 g/mol. The molecule has 3 heterocycles. The fraction of sp³-hybridized carbons (Fsp3) is 0.0189. The van der Waals surface area contributed by atoms with E-state index in [0.29, 0.717) is 0 Å². The summed E-state index contributed by atoms with van der Waals surface area (Å²) in [7, 11) is 0. The lowest BCUT2D eigenvalue weighted by molar-refractivity contribution is 1.01. The van der Waals surface area contributed by atoms with Crippen LogP contribution in [0.25, 0.3) is 99.9 Å². The summed E-state index contributed by atoms with van der Waals surface area (Å²) in [6.07, 6.45) is 0.790. The molecule has 0 bridgehead atoms. The second-order valence-corrected chi connectivity index (χ2v) is 15.0. The van der Waals surface area contributed by atoms with Crippen LogP contribution in [0.4, 0.5) is 0 Å². The van der Waals surface area contributed by atoms with Crippen LogP contribution < -0.4 is 0 Å². The molecule has 0 fully saturated rings. The summed E-state index contributed by atoms with van der Waals surface area (Å²) in [6, 6.07) is 69.9. The lowest BCUT2D eigenvalue weighted by Crippen LogP contribution is -2.05. The van der Waals surface area contributed by atoms with E-state index < -0.39 is 0 Å². The zero-order valence-corrected chi connectivity index (χ0v) is 31.0. The highest BCUT2D eigenvalue weighted by Gasteiger charge is 2.28. The molecule has 0 saturated heterocycles. The molecule has 0 atom stereocenters. The van der Waals surface area contributed by atoms with Gasteiger partial charge in [-0.3, -0.25) is 4.57 Å². The molecule has 0 N–H and O–H groups in total. The normalized spacial score (nSPS) is 12.1. The van der Waals surface area contributed by atoms with Crippen LogP contribution in [0.15, 0.2) is 194 Å². The molecule has 3 aromatic heterocycles. The van der Waals surface area contributed by atoms with Crippen molar-refractivity contribution in [1.29, 1.82) is 0 Å². The molecule has 0 amide bonds. The molecule has 11 aromatic rings. The van der Waals surface area contributed by atoms with Crippen molar-refractivity contribution in [1.82, 2.24) is 19.1 Å². The number of para-hydroxylation sites is 2. The molecule has 57 heavy (non-hydrogen) atoms. The second-order valence-electron chi connectivity index (χ2n) is 15.0. The summed E-state index contributed by atoms with van der Waals surface area (Å²) in [4.78, 5) is 10.6. The summed E-state index contributed by atoms with van der Waals surface area (Å²) in [5.74, 6) is 1.67. The average Bonchev–Trinajstić information content (AvgIpc) is 3.94. The topological polar surface area (TPSA) is 35.6 Å². The van der Waals surface area contributed by atoms with Crippen molar-refractivity contribution in [3.05, 3.63) is 205 Å². The molecule has 1 aliphatic carbocycles. The standard InChI is InChI=1S/C53H34N4/c1-3-13-34(14-4-1)35-23-27-40(28-24-35)56-47-21-11-9-19-42(47)44-29-25-38(33-50(44)56)37-26-30-49-45(31-37)43-20-10-12-22-48(43)57(49)53-51-41-18-8-7-17-39(41)32-46(51)54-52(55-53)36-15-5-2-6-16-36/h1-31,33H,32H2. The van der Waals surface area contributed by atoms with E-state index in [1.54, 1.807) is 0 Å². The molecule has 0 unspecified atom stereocenters. The van der Waals surface area contributed by atoms with E-state index in [0.717, 1.165) is 51.6 Å². The van der Waals surface area contributed by atoms with Crippen LogP contribution in [-0.4, -0.2) is 19.1 Å². The van der Waals surface area contributed by atoms with Crippen molar-refractivity contribution in [3.63, 3.8) is 0 Å². The maximum atomic E-state index is 5.40. The monoisotopic (exact) mass is 726 g/mol. The molecule has 0 radical (unpaired) electrons. The van der Waals surface area contributed by atoms with Crippen LogP contribution in [-0.2, 0) is 6.42 Å². The molecule has 266 valence electrons. The lowest BCUT2D eigenvalue weighted by Gasteiger charge is -2.15. The van der Waals surface area contributed by atoms with Gasteiger partial charge in [0.05, 0.1) is 27.8 Å². The van der Waals surface area contributed by atoms with Crippen molar-refractivity contribution in [2.75, 3.05) is 0 Å². The van der Waals surface area contributed by atoms with Gasteiger partial charge in [-0.05, 0) is 75.8 Å². The van der Waals surface area contributed by atoms with Gasteiger partial charge in [-0.25, -0.2) is 9.97 Å². The summed E-state index contributed by atoms with van der Waals surface area (Å²) in [5, 5.41) is 4.88. The van der Waals surface area contributed by atoms with E-state index in [1.165, 1.54) is 66.0 Å². The Kier molecular flexibility index (Phi) is 6.96. The van der Waals surface area contributed by atoms with Gasteiger partial charge in [0.25, 0.3) is 0 Å². The van der Waals surface area contributed by atoms with Gasteiger partial charge in [0, 0.05) is 44.8 Å². The average molecular weight is 727 g/mol. The van der Waals surface area contributed by atoms with Crippen molar-refractivity contribution < 1.29 is 0 Å². The fourth-order valence-electron chi connectivity index (χ4n) is 9.12. The molecule has 12 rings (SSSR count). The van der Waals surface area contributed by atoms with Gasteiger partial charge in [0.15, 0.2) is 5.82 Å². The summed E-state index contributed by atoms with van der Waals surface area (Å²) in [6.45, 7) is 0. The van der Waals surface area contributed by atoms with Crippen LogP contribution in [0.2, 0.25) is 0 Å². The number of nitrogens with zero attached hydrogens (tertiary/aromatic N) is 4. The van der Waals surface area contributed by atoms with E-state index in [1.807, 2.05) is 6.07 Å². The molecular formula is C53H34N4. The molecule has 0 saturated carbocycles. The first-order valence-corrected chi connectivity index (χ1v) is 19.5. The van der Waals surface area contributed by atoms with Crippen LogP contribution in [0.1, 0.15) is 11.3 Å². The van der Waals surface area contributed by atoms with Gasteiger partial charge in [-0.2, -0.15) is 0 Å². The number of hydrogen-bond donors (Lipinski definition) is 0. The van der Waals surface area contributed by atoms with Gasteiger partial charge in [0.1, 0.15) is 5.82 Å². The summed E-state index contributed by atoms with van der Waals surface area (Å²) >= 11 is 0. The zero-order chi connectivity index (χ0) is 37.5. The number of hydrogen-bond acceptors (Lipinski definition) is 2.